The largest absolute Gasteiger partial charge is 0.329 e. The van der Waals surface area contributed by atoms with Crippen molar-refractivity contribution in [2.24, 2.45) is 5.92 Å². The van der Waals surface area contributed by atoms with Crippen LogP contribution in [0.15, 0.2) is 12.1 Å². The van der Waals surface area contributed by atoms with Gasteiger partial charge in [-0.05, 0) is 37.2 Å². The van der Waals surface area contributed by atoms with Crippen LogP contribution >= 0.6 is 12.2 Å². The van der Waals surface area contributed by atoms with Gasteiger partial charge in [-0.25, -0.2) is 4.98 Å². The van der Waals surface area contributed by atoms with E-state index in [1.54, 1.807) is 0 Å². The van der Waals surface area contributed by atoms with Crippen molar-refractivity contribution in [1.29, 1.82) is 0 Å². The van der Waals surface area contributed by atoms with Gasteiger partial charge in [0.25, 0.3) is 0 Å². The zero-order valence-corrected chi connectivity index (χ0v) is 10.8. The van der Waals surface area contributed by atoms with Crippen LogP contribution in [-0.2, 0) is 6.54 Å². The fourth-order valence-electron chi connectivity index (χ4n) is 1.74. The van der Waals surface area contributed by atoms with Gasteiger partial charge >= 0.3 is 0 Å². The minimum absolute atomic E-state index is 0.619. The highest BCUT2D eigenvalue weighted by atomic mass is 32.1. The maximum absolute atomic E-state index is 5.33. The lowest BCUT2D eigenvalue weighted by Crippen LogP contribution is -2.07. The van der Waals surface area contributed by atoms with E-state index in [1.165, 1.54) is 0 Å². The second kappa shape index (κ2) is 4.37. The fraction of sp³-hybridized carbons (Fsp3) is 0.500. The molecule has 0 aromatic carbocycles. The molecule has 0 aliphatic heterocycles. The molecule has 0 bridgehead atoms. The molecule has 0 aliphatic carbocycles. The highest BCUT2D eigenvalue weighted by molar-refractivity contribution is 7.71. The molecular formula is C12H17N3S. The third kappa shape index (κ3) is 2.02. The number of aromatic amines is 1. The maximum Gasteiger partial charge on any atom is 0.179 e. The van der Waals surface area contributed by atoms with Crippen LogP contribution in [0.25, 0.3) is 11.2 Å². The molecule has 0 saturated heterocycles. The van der Waals surface area contributed by atoms with E-state index in [-0.39, 0.29) is 0 Å². The molecule has 1 atom stereocenters. The SMILES string of the molecule is CCC(C)Cn1c(=S)[nH]c2ccc(C)nc21. The van der Waals surface area contributed by atoms with Gasteiger partial charge in [0.15, 0.2) is 10.4 Å². The van der Waals surface area contributed by atoms with E-state index in [0.717, 1.165) is 34.6 Å². The summed E-state index contributed by atoms with van der Waals surface area (Å²) >= 11 is 5.33. The molecule has 0 saturated carbocycles. The summed E-state index contributed by atoms with van der Waals surface area (Å²) in [7, 11) is 0. The Kier molecular flexibility index (Phi) is 3.10. The van der Waals surface area contributed by atoms with Gasteiger partial charge < -0.3 is 9.55 Å². The first-order valence-corrected chi connectivity index (χ1v) is 6.08. The van der Waals surface area contributed by atoms with Crippen LogP contribution < -0.4 is 0 Å². The number of pyridine rings is 1. The lowest BCUT2D eigenvalue weighted by molar-refractivity contribution is 0.471. The first-order chi connectivity index (χ1) is 7.61. The first kappa shape index (κ1) is 11.3. The summed E-state index contributed by atoms with van der Waals surface area (Å²) < 4.78 is 2.87. The van der Waals surface area contributed by atoms with E-state index >= 15 is 0 Å². The average molecular weight is 235 g/mol. The quantitative estimate of drug-likeness (QED) is 0.827. The molecule has 0 spiro atoms. The molecule has 0 aliphatic rings. The van der Waals surface area contributed by atoms with Crippen LogP contribution in [-0.4, -0.2) is 14.5 Å². The van der Waals surface area contributed by atoms with E-state index < -0.39 is 0 Å². The van der Waals surface area contributed by atoms with Gasteiger partial charge in [-0.1, -0.05) is 20.3 Å². The zero-order chi connectivity index (χ0) is 11.7. The predicted molar refractivity (Wildman–Crippen MR) is 69.1 cm³/mol. The van der Waals surface area contributed by atoms with Gasteiger partial charge in [-0.2, -0.15) is 0 Å². The van der Waals surface area contributed by atoms with Crippen molar-refractivity contribution >= 4 is 23.4 Å². The molecule has 16 heavy (non-hydrogen) atoms. The molecule has 1 unspecified atom stereocenters. The van der Waals surface area contributed by atoms with Crippen LogP contribution in [0.4, 0.5) is 0 Å². The molecular weight excluding hydrogens is 218 g/mol. The Morgan fingerprint density at radius 1 is 1.50 bits per heavy atom. The van der Waals surface area contributed by atoms with Crippen LogP contribution in [0, 0.1) is 17.6 Å². The highest BCUT2D eigenvalue weighted by Gasteiger charge is 2.08. The number of nitrogens with one attached hydrogen (secondary N) is 1. The molecule has 0 fully saturated rings. The Bertz CT molecular complexity index is 553. The Labute approximate surface area is 101 Å². The second-order valence-electron chi connectivity index (χ2n) is 4.38. The van der Waals surface area contributed by atoms with E-state index in [2.05, 4.69) is 28.4 Å². The van der Waals surface area contributed by atoms with Gasteiger partial charge in [0.05, 0.1) is 5.52 Å². The minimum atomic E-state index is 0.619. The number of hydrogen-bond donors (Lipinski definition) is 1. The van der Waals surface area contributed by atoms with Gasteiger partial charge in [0.2, 0.25) is 0 Å². The zero-order valence-electron chi connectivity index (χ0n) is 9.95. The molecule has 2 aromatic rings. The summed E-state index contributed by atoms with van der Waals surface area (Å²) in [6, 6.07) is 4.04. The maximum atomic E-state index is 5.33. The van der Waals surface area contributed by atoms with Gasteiger partial charge in [0.1, 0.15) is 0 Å². The van der Waals surface area contributed by atoms with Gasteiger partial charge in [0, 0.05) is 12.2 Å². The van der Waals surface area contributed by atoms with Crippen molar-refractivity contribution in [2.45, 2.75) is 33.7 Å². The van der Waals surface area contributed by atoms with Crippen molar-refractivity contribution < 1.29 is 0 Å². The summed E-state index contributed by atoms with van der Waals surface area (Å²) in [6.45, 7) is 7.37. The molecule has 2 rings (SSSR count). The molecule has 4 heteroatoms. The Balaban J connectivity index is 2.54. The lowest BCUT2D eigenvalue weighted by atomic mass is 10.1. The molecule has 0 radical (unpaired) electrons. The summed E-state index contributed by atoms with van der Waals surface area (Å²) in [6.07, 6.45) is 1.15. The Morgan fingerprint density at radius 2 is 2.25 bits per heavy atom. The third-order valence-corrected chi connectivity index (χ3v) is 3.27. The van der Waals surface area contributed by atoms with Crippen molar-refractivity contribution in [3.63, 3.8) is 0 Å². The second-order valence-corrected chi connectivity index (χ2v) is 4.76. The fourth-order valence-corrected chi connectivity index (χ4v) is 2.01. The standard InChI is InChI=1S/C12H17N3S/c1-4-8(2)7-15-11-10(14-12(15)16)6-5-9(3)13-11/h5-6,8H,4,7H2,1-3H3,(H,14,16). The molecule has 2 heterocycles. The van der Waals surface area contributed by atoms with Crippen molar-refractivity contribution in [2.75, 3.05) is 0 Å². The summed E-state index contributed by atoms with van der Waals surface area (Å²) in [4.78, 5) is 7.75. The Morgan fingerprint density at radius 3 is 2.94 bits per heavy atom. The van der Waals surface area contributed by atoms with Gasteiger partial charge in [-0.3, -0.25) is 0 Å². The summed E-state index contributed by atoms with van der Waals surface area (Å²) in [5.41, 5.74) is 3.03. The number of H-pyrrole nitrogens is 1. The van der Waals surface area contributed by atoms with Crippen LogP contribution in [0.5, 0.6) is 0 Å². The molecule has 0 amide bonds. The number of hydrogen-bond acceptors (Lipinski definition) is 2. The lowest BCUT2D eigenvalue weighted by Gasteiger charge is -2.09. The Hall–Kier alpha value is -1.16. The minimum Gasteiger partial charge on any atom is -0.329 e. The van der Waals surface area contributed by atoms with E-state index in [1.807, 2.05) is 19.1 Å². The molecule has 86 valence electrons. The van der Waals surface area contributed by atoms with Crippen molar-refractivity contribution in [3.05, 3.63) is 22.6 Å². The first-order valence-electron chi connectivity index (χ1n) is 5.68. The number of imidazole rings is 1. The number of nitrogens with zero attached hydrogens (tertiary/aromatic N) is 2. The number of fused-ring (bicyclic) bond motifs is 1. The van der Waals surface area contributed by atoms with Crippen LogP contribution in [0.1, 0.15) is 26.0 Å². The normalized spacial score (nSPS) is 13.2. The third-order valence-electron chi connectivity index (χ3n) is 2.95. The van der Waals surface area contributed by atoms with E-state index in [4.69, 9.17) is 12.2 Å². The highest BCUT2D eigenvalue weighted by Crippen LogP contribution is 2.15. The van der Waals surface area contributed by atoms with E-state index in [9.17, 15) is 0 Å². The molecule has 1 N–H and O–H groups in total. The summed E-state index contributed by atoms with van der Waals surface area (Å²) in [5, 5.41) is 0. The number of rotatable bonds is 3. The number of aryl methyl sites for hydroxylation is 1. The molecule has 3 nitrogen and oxygen atoms in total. The predicted octanol–water partition coefficient (Wildman–Crippen LogP) is 3.45. The molecule has 2 aromatic heterocycles. The van der Waals surface area contributed by atoms with Crippen molar-refractivity contribution in [3.8, 4) is 0 Å². The van der Waals surface area contributed by atoms with Crippen molar-refractivity contribution in [1.82, 2.24) is 14.5 Å². The average Bonchev–Trinajstić information content (AvgIpc) is 2.55. The van der Waals surface area contributed by atoms with Crippen LogP contribution in [0.3, 0.4) is 0 Å². The van der Waals surface area contributed by atoms with E-state index in [0.29, 0.717) is 5.92 Å². The van der Waals surface area contributed by atoms with Gasteiger partial charge in [-0.15, -0.1) is 0 Å². The summed E-state index contributed by atoms with van der Waals surface area (Å²) in [5.74, 6) is 0.619. The smallest absolute Gasteiger partial charge is 0.179 e. The topological polar surface area (TPSA) is 33.6 Å². The van der Waals surface area contributed by atoms with Crippen LogP contribution in [0.2, 0.25) is 0 Å². The monoisotopic (exact) mass is 235 g/mol. The number of aromatic nitrogens is 3.